The number of hydrogen-bond acceptors (Lipinski definition) is 3. The Labute approximate surface area is 26.0 Å². The van der Waals surface area contributed by atoms with Gasteiger partial charge in [-0.3, -0.25) is 11.7 Å². The van der Waals surface area contributed by atoms with Crippen LogP contribution in [0.3, 0.4) is 0 Å². The third-order valence-corrected chi connectivity index (χ3v) is 0. The first-order chi connectivity index (χ1) is 2.00. The highest BCUT2D eigenvalue weighted by atomic mass is 16.1. The summed E-state index contributed by atoms with van der Waals surface area (Å²) in [5.74, 6) is 8.00. The smallest absolute Gasteiger partial charge is 0.307 e. The van der Waals surface area contributed by atoms with Gasteiger partial charge < -0.3 is 4.79 Å². The lowest BCUT2D eigenvalue weighted by Gasteiger charge is -1.27. The molecule has 4 N–H and O–H groups in total. The van der Waals surface area contributed by atoms with Crippen LogP contribution in [0.2, 0.25) is 0 Å². The molecule has 0 heterocycles. The number of nitrogens with two attached hydrogens (primary N) is 2. The number of carbonyl (C=O) groups is 1. The fourth-order valence-corrected chi connectivity index (χ4v) is 0. The molecule has 0 atom stereocenters. The van der Waals surface area contributed by atoms with Gasteiger partial charge in [0.05, 0.1) is 0 Å². The Morgan fingerprint density at radius 1 is 1.50 bits per heavy atom. The van der Waals surface area contributed by atoms with E-state index in [0.29, 0.717) is 0 Å². The minimum atomic E-state index is 0. The second-order valence-electron chi connectivity index (χ2n) is 0. The quantitative estimate of drug-likeness (QED) is 0.272. The highest BCUT2D eigenvalue weighted by Crippen LogP contribution is 0.494. The van der Waals surface area contributed by atoms with Crippen LogP contribution in [-0.2, 0) is 4.79 Å². The van der Waals surface area contributed by atoms with Crippen molar-refractivity contribution >= 4 is 6.79 Å². The van der Waals surface area contributed by atoms with E-state index in [1.54, 1.807) is 0 Å². The number of rotatable bonds is 0. The van der Waals surface area contributed by atoms with Crippen molar-refractivity contribution in [2.24, 2.45) is 11.7 Å². The lowest BCUT2D eigenvalue weighted by atomic mass is 11.9. The third kappa shape index (κ3) is 3.29. The first-order valence-electron chi connectivity index (χ1n) is 0.622. The van der Waals surface area contributed by atoms with E-state index in [4.69, 9.17) is 4.79 Å². The second kappa shape index (κ2) is 39.0. The molecule has 3 nitrogen and oxygen atoms in total. The predicted octanol–water partition coefficient (Wildman–Crippen LogP) is -1.25. The summed E-state index contributed by atoms with van der Waals surface area (Å²) in [5.41, 5.74) is 0. The van der Waals surface area contributed by atoms with Crippen molar-refractivity contribution in [3.63, 3.8) is 0 Å². The van der Waals surface area contributed by atoms with Gasteiger partial charge in [0.15, 0.2) is 0 Å². The van der Waals surface area contributed by atoms with Crippen LogP contribution in [0.4, 0.5) is 0 Å². The predicted molar refractivity (Wildman–Crippen MR) is 16.6 cm³/mol. The van der Waals surface area contributed by atoms with Crippen LogP contribution in [-0.4, -0.2) is 6.79 Å². The molecule has 0 aliphatic heterocycles. The molecule has 3 heteroatoms. The van der Waals surface area contributed by atoms with E-state index in [1.165, 1.54) is 0 Å². The molecular weight excluding hydrogens is 56.0 g/mol. The first kappa shape index (κ1) is 9.53. The Hall–Kier alpha value is -0.410. The molecular formula is CH7N2O+. The fourth-order valence-electron chi connectivity index (χ4n) is 0. The van der Waals surface area contributed by atoms with Gasteiger partial charge in [-0.25, -0.2) is 0 Å². The minimum absolute atomic E-state index is 0. The van der Waals surface area contributed by atoms with Gasteiger partial charge in [-0.15, -0.1) is 0 Å². The maximum atomic E-state index is 8.00. The number of hydrogen-bond donors (Lipinski definition) is 2. The third-order valence-electron chi connectivity index (χ3n) is 0. The van der Waals surface area contributed by atoms with E-state index in [9.17, 15) is 0 Å². The SMILES string of the molecule is C=O.NN.[H+]. The van der Waals surface area contributed by atoms with Crippen LogP contribution >= 0.6 is 0 Å². The Kier molecular flexibility index (Phi) is 92.8. The number of hydrazine groups is 1. The molecule has 0 spiro atoms. The minimum Gasteiger partial charge on any atom is -0.307 e. The topological polar surface area (TPSA) is 69.1 Å². The van der Waals surface area contributed by atoms with Gasteiger partial charge in [-0.05, 0) is 0 Å². The van der Waals surface area contributed by atoms with Crippen molar-refractivity contribution in [3.05, 3.63) is 0 Å². The molecule has 0 saturated heterocycles. The highest BCUT2D eigenvalue weighted by Gasteiger charge is 0.726. The summed E-state index contributed by atoms with van der Waals surface area (Å²) in [4.78, 5) is 8.00. The zero-order valence-corrected chi connectivity index (χ0v) is 2.27. The van der Waals surface area contributed by atoms with E-state index in [-0.39, 0.29) is 1.43 Å². The van der Waals surface area contributed by atoms with Crippen LogP contribution in [0.15, 0.2) is 0 Å². The van der Waals surface area contributed by atoms with E-state index < -0.39 is 0 Å². The van der Waals surface area contributed by atoms with E-state index >= 15 is 0 Å². The van der Waals surface area contributed by atoms with E-state index in [1.807, 2.05) is 6.79 Å². The highest BCUT2D eigenvalue weighted by molar-refractivity contribution is 5.10. The van der Waals surface area contributed by atoms with Gasteiger partial charge >= 0.3 is 1.43 Å². The van der Waals surface area contributed by atoms with Gasteiger partial charge in [0, 0.05) is 0 Å². The fraction of sp³-hybridized carbons (Fsp3) is 0. The molecule has 0 rings (SSSR count). The van der Waals surface area contributed by atoms with Gasteiger partial charge in [0.25, 0.3) is 0 Å². The standard InChI is InChI=1S/CH2O.H4N2/c2*1-2/h1H2;1-2H2/p+1. The van der Waals surface area contributed by atoms with Gasteiger partial charge in [0.2, 0.25) is 0 Å². The van der Waals surface area contributed by atoms with Gasteiger partial charge in [-0.2, -0.15) is 0 Å². The zero-order valence-electron chi connectivity index (χ0n) is 3.27. The summed E-state index contributed by atoms with van der Waals surface area (Å²) in [6, 6.07) is 0. The molecule has 0 aromatic heterocycles. The van der Waals surface area contributed by atoms with Crippen molar-refractivity contribution in [3.8, 4) is 0 Å². The average Bonchev–Trinajstić information content (AvgIpc) is 1.50. The van der Waals surface area contributed by atoms with Crippen molar-refractivity contribution in [2.45, 2.75) is 0 Å². The molecule has 4 heavy (non-hydrogen) atoms. The summed E-state index contributed by atoms with van der Waals surface area (Å²) in [6.07, 6.45) is 0. The van der Waals surface area contributed by atoms with E-state index in [2.05, 4.69) is 11.7 Å². The zero-order chi connectivity index (χ0) is 4.00. The molecule has 0 aromatic carbocycles. The molecule has 0 fully saturated rings. The Morgan fingerprint density at radius 2 is 1.50 bits per heavy atom. The summed E-state index contributed by atoms with van der Waals surface area (Å²) in [5, 5.41) is 0. The van der Waals surface area contributed by atoms with Crippen LogP contribution in [0, 0.1) is 0 Å². The van der Waals surface area contributed by atoms with Crippen molar-refractivity contribution < 1.29 is 6.22 Å². The molecule has 26 valence electrons. The molecule has 0 aliphatic rings. The molecule has 0 saturated carbocycles. The van der Waals surface area contributed by atoms with Gasteiger partial charge in [-0.1, -0.05) is 0 Å². The van der Waals surface area contributed by atoms with Crippen LogP contribution in [0.1, 0.15) is 1.43 Å². The van der Waals surface area contributed by atoms with Crippen molar-refractivity contribution in [1.82, 2.24) is 0 Å². The largest absolute Gasteiger partial charge is 1.00 e. The Morgan fingerprint density at radius 3 is 1.50 bits per heavy atom. The van der Waals surface area contributed by atoms with Crippen LogP contribution < -0.4 is 11.7 Å². The Balaban J connectivity index is -0.0000000133. The monoisotopic (exact) mass is 63.1 g/mol. The van der Waals surface area contributed by atoms with Crippen molar-refractivity contribution in [2.75, 3.05) is 0 Å². The summed E-state index contributed by atoms with van der Waals surface area (Å²) < 4.78 is 0. The van der Waals surface area contributed by atoms with E-state index in [0.717, 1.165) is 0 Å². The van der Waals surface area contributed by atoms with Crippen LogP contribution in [0.25, 0.3) is 0 Å². The average molecular weight is 63.1 g/mol. The van der Waals surface area contributed by atoms with Crippen molar-refractivity contribution in [1.29, 1.82) is 0 Å². The maximum absolute atomic E-state index is 8.00. The summed E-state index contributed by atoms with van der Waals surface area (Å²) >= 11 is 0. The molecule has 0 amide bonds. The van der Waals surface area contributed by atoms with Crippen LogP contribution in [0.5, 0.6) is 0 Å². The number of carbonyl (C=O) groups excluding carboxylic acids is 1. The Bertz CT molecular complexity index is 9.61. The molecule has 0 unspecified atom stereocenters. The molecule has 0 aliphatic carbocycles. The summed E-state index contributed by atoms with van der Waals surface area (Å²) in [6.45, 7) is 2.00. The van der Waals surface area contributed by atoms with Gasteiger partial charge in [0.1, 0.15) is 6.79 Å². The lowest BCUT2D eigenvalue weighted by Crippen LogP contribution is -2.02. The molecule has 0 aromatic rings. The normalized spacial score (nSPS) is 2.50. The first-order valence-corrected chi connectivity index (χ1v) is 0.622. The maximum Gasteiger partial charge on any atom is 1.00 e. The molecule has 0 radical (unpaired) electrons. The molecule has 0 bridgehead atoms. The lowest BCUT2D eigenvalue weighted by molar-refractivity contribution is -0.0979. The summed E-state index contributed by atoms with van der Waals surface area (Å²) in [7, 11) is 0. The second-order valence-corrected chi connectivity index (χ2v) is 0.